The van der Waals surface area contributed by atoms with Gasteiger partial charge in [0.05, 0.1) is 6.54 Å². The maximum absolute atomic E-state index is 12.6. The minimum Gasteiger partial charge on any atom is -0.324 e. The summed E-state index contributed by atoms with van der Waals surface area (Å²) in [5, 5.41) is 5.32. The Kier molecular flexibility index (Phi) is 5.70. The highest BCUT2D eigenvalue weighted by Crippen LogP contribution is 2.23. The molecule has 0 aliphatic carbocycles. The predicted octanol–water partition coefficient (Wildman–Crippen LogP) is 3.90. The van der Waals surface area contributed by atoms with Crippen molar-refractivity contribution in [3.8, 4) is 0 Å². The lowest BCUT2D eigenvalue weighted by molar-refractivity contribution is -0.117. The van der Waals surface area contributed by atoms with Crippen LogP contribution in [0.4, 0.5) is 5.69 Å². The van der Waals surface area contributed by atoms with Gasteiger partial charge < -0.3 is 5.32 Å². The van der Waals surface area contributed by atoms with Crippen molar-refractivity contribution in [2.24, 2.45) is 0 Å². The Bertz CT molecular complexity index is 938. The number of nitrogens with zero attached hydrogens (tertiary/aromatic N) is 2. The first-order valence-corrected chi connectivity index (χ1v) is 9.95. The summed E-state index contributed by atoms with van der Waals surface area (Å²) in [6, 6.07) is 22.9. The summed E-state index contributed by atoms with van der Waals surface area (Å²) < 4.78 is 0. The van der Waals surface area contributed by atoms with Crippen molar-refractivity contribution in [3.05, 3.63) is 77.9 Å². The average Bonchev–Trinajstić information content (AvgIpc) is 2.71. The van der Waals surface area contributed by atoms with Crippen LogP contribution >= 0.6 is 0 Å². The molecule has 4 heteroatoms. The van der Waals surface area contributed by atoms with E-state index < -0.39 is 0 Å². The quantitative estimate of drug-likeness (QED) is 0.737. The molecule has 0 radical (unpaired) electrons. The van der Waals surface area contributed by atoms with E-state index in [9.17, 15) is 4.79 Å². The fourth-order valence-electron chi connectivity index (χ4n) is 3.78. The second kappa shape index (κ2) is 8.55. The summed E-state index contributed by atoms with van der Waals surface area (Å²) in [6.07, 6.45) is 0. The smallest absolute Gasteiger partial charge is 0.238 e. The Morgan fingerprint density at radius 3 is 2.32 bits per heavy atom. The minimum absolute atomic E-state index is 0.0586. The molecule has 1 saturated heterocycles. The van der Waals surface area contributed by atoms with E-state index in [-0.39, 0.29) is 5.91 Å². The molecule has 1 fully saturated rings. The number of carbonyl (C=O) groups is 1. The molecule has 1 N–H and O–H groups in total. The Hall–Kier alpha value is -2.69. The lowest BCUT2D eigenvalue weighted by atomic mass is 10.1. The molecule has 0 aromatic heterocycles. The van der Waals surface area contributed by atoms with Crippen molar-refractivity contribution in [3.63, 3.8) is 0 Å². The molecule has 1 aliphatic rings. The molecular weight excluding hydrogens is 346 g/mol. The highest BCUT2D eigenvalue weighted by molar-refractivity contribution is 6.02. The van der Waals surface area contributed by atoms with Gasteiger partial charge in [0.15, 0.2) is 0 Å². The molecule has 28 heavy (non-hydrogen) atoms. The monoisotopic (exact) mass is 373 g/mol. The van der Waals surface area contributed by atoms with Gasteiger partial charge in [0, 0.05) is 43.8 Å². The third-order valence-corrected chi connectivity index (χ3v) is 5.42. The van der Waals surface area contributed by atoms with E-state index in [0.29, 0.717) is 6.54 Å². The summed E-state index contributed by atoms with van der Waals surface area (Å²) in [5.41, 5.74) is 3.54. The second-order valence-corrected chi connectivity index (χ2v) is 7.61. The van der Waals surface area contributed by atoms with Gasteiger partial charge in [0.2, 0.25) is 5.91 Å². The third-order valence-electron chi connectivity index (χ3n) is 5.42. The zero-order valence-corrected chi connectivity index (χ0v) is 16.4. The van der Waals surface area contributed by atoms with Crippen LogP contribution in [0.25, 0.3) is 10.8 Å². The second-order valence-electron chi connectivity index (χ2n) is 7.61. The Balaban J connectivity index is 1.28. The van der Waals surface area contributed by atoms with Crippen LogP contribution < -0.4 is 5.32 Å². The maximum atomic E-state index is 12.6. The molecule has 1 heterocycles. The van der Waals surface area contributed by atoms with Gasteiger partial charge in [-0.25, -0.2) is 0 Å². The lowest BCUT2D eigenvalue weighted by Gasteiger charge is -2.34. The Morgan fingerprint density at radius 2 is 1.54 bits per heavy atom. The summed E-state index contributed by atoms with van der Waals surface area (Å²) >= 11 is 0. The van der Waals surface area contributed by atoms with Crippen molar-refractivity contribution in [1.82, 2.24) is 9.80 Å². The van der Waals surface area contributed by atoms with E-state index in [2.05, 4.69) is 64.5 Å². The van der Waals surface area contributed by atoms with Crippen LogP contribution in [0.5, 0.6) is 0 Å². The number of fused-ring (bicyclic) bond motifs is 1. The first kappa shape index (κ1) is 18.7. The van der Waals surface area contributed by atoms with Crippen LogP contribution in [0.1, 0.15) is 11.1 Å². The van der Waals surface area contributed by atoms with Gasteiger partial charge >= 0.3 is 0 Å². The summed E-state index contributed by atoms with van der Waals surface area (Å²) in [7, 11) is 0. The lowest BCUT2D eigenvalue weighted by Crippen LogP contribution is -2.48. The molecule has 0 atom stereocenters. The van der Waals surface area contributed by atoms with Crippen LogP contribution in [0, 0.1) is 6.92 Å². The van der Waals surface area contributed by atoms with Crippen LogP contribution in [0.15, 0.2) is 66.7 Å². The molecule has 1 aliphatic heterocycles. The van der Waals surface area contributed by atoms with Crippen molar-refractivity contribution >= 4 is 22.4 Å². The van der Waals surface area contributed by atoms with E-state index in [0.717, 1.165) is 49.2 Å². The van der Waals surface area contributed by atoms with Gasteiger partial charge in [-0.2, -0.15) is 0 Å². The SMILES string of the molecule is Cc1ccc(CN2CCN(CC(=O)Nc3cccc4ccccc34)CC2)cc1. The Morgan fingerprint density at radius 1 is 0.857 bits per heavy atom. The van der Waals surface area contributed by atoms with Gasteiger partial charge in [-0.05, 0) is 23.9 Å². The van der Waals surface area contributed by atoms with Gasteiger partial charge in [0.1, 0.15) is 0 Å². The van der Waals surface area contributed by atoms with E-state index in [1.54, 1.807) is 0 Å². The van der Waals surface area contributed by atoms with E-state index >= 15 is 0 Å². The maximum Gasteiger partial charge on any atom is 0.238 e. The molecule has 0 bridgehead atoms. The van der Waals surface area contributed by atoms with Crippen molar-refractivity contribution < 1.29 is 4.79 Å². The standard InChI is InChI=1S/C24H27N3O/c1-19-9-11-20(12-10-19)17-26-13-15-27(16-14-26)18-24(28)25-23-8-4-6-21-5-2-3-7-22(21)23/h2-12H,13-18H2,1H3,(H,25,28). The molecule has 0 saturated carbocycles. The zero-order chi connectivity index (χ0) is 19.3. The van der Waals surface area contributed by atoms with Gasteiger partial charge in [-0.15, -0.1) is 0 Å². The number of benzene rings is 3. The summed E-state index contributed by atoms with van der Waals surface area (Å²) in [5.74, 6) is 0.0586. The molecule has 144 valence electrons. The van der Waals surface area contributed by atoms with Crippen molar-refractivity contribution in [2.75, 3.05) is 38.0 Å². The molecule has 0 spiro atoms. The number of hydrogen-bond donors (Lipinski definition) is 1. The normalized spacial score (nSPS) is 15.6. The fraction of sp³-hybridized carbons (Fsp3) is 0.292. The number of aryl methyl sites for hydroxylation is 1. The van der Waals surface area contributed by atoms with Gasteiger partial charge in [0.25, 0.3) is 0 Å². The van der Waals surface area contributed by atoms with Gasteiger partial charge in [-0.1, -0.05) is 66.2 Å². The number of piperazine rings is 1. The molecule has 0 unspecified atom stereocenters. The highest BCUT2D eigenvalue weighted by Gasteiger charge is 2.19. The predicted molar refractivity (Wildman–Crippen MR) is 115 cm³/mol. The van der Waals surface area contributed by atoms with Crippen LogP contribution in [0.3, 0.4) is 0 Å². The average molecular weight is 374 g/mol. The first-order valence-electron chi connectivity index (χ1n) is 9.95. The molecule has 3 aromatic rings. The molecule has 4 nitrogen and oxygen atoms in total. The van der Waals surface area contributed by atoms with E-state index in [1.165, 1.54) is 11.1 Å². The summed E-state index contributed by atoms with van der Waals surface area (Å²) in [4.78, 5) is 17.3. The largest absolute Gasteiger partial charge is 0.324 e. The topological polar surface area (TPSA) is 35.6 Å². The van der Waals surface area contributed by atoms with E-state index in [1.807, 2.05) is 24.3 Å². The molecular formula is C24H27N3O. The molecule has 3 aromatic carbocycles. The number of rotatable bonds is 5. The van der Waals surface area contributed by atoms with Crippen LogP contribution in [-0.4, -0.2) is 48.4 Å². The number of carbonyl (C=O) groups excluding carboxylic acids is 1. The first-order chi connectivity index (χ1) is 13.7. The third kappa shape index (κ3) is 4.58. The van der Waals surface area contributed by atoms with Gasteiger partial charge in [-0.3, -0.25) is 14.6 Å². The number of hydrogen-bond acceptors (Lipinski definition) is 3. The minimum atomic E-state index is 0.0586. The van der Waals surface area contributed by atoms with Crippen molar-refractivity contribution in [2.45, 2.75) is 13.5 Å². The number of amides is 1. The van der Waals surface area contributed by atoms with Crippen LogP contribution in [-0.2, 0) is 11.3 Å². The summed E-state index contributed by atoms with van der Waals surface area (Å²) in [6.45, 7) is 7.39. The van der Waals surface area contributed by atoms with E-state index in [4.69, 9.17) is 0 Å². The molecule has 1 amide bonds. The Labute approximate surface area is 166 Å². The molecule has 4 rings (SSSR count). The zero-order valence-electron chi connectivity index (χ0n) is 16.4. The fourth-order valence-corrected chi connectivity index (χ4v) is 3.78. The highest BCUT2D eigenvalue weighted by atomic mass is 16.2. The number of anilines is 1. The number of nitrogens with one attached hydrogen (secondary N) is 1. The van der Waals surface area contributed by atoms with Crippen molar-refractivity contribution in [1.29, 1.82) is 0 Å². The van der Waals surface area contributed by atoms with Crippen LogP contribution in [0.2, 0.25) is 0 Å².